The smallest absolute Gasteiger partial charge is 0.0159 e. The van der Waals surface area contributed by atoms with Gasteiger partial charge in [-0.2, -0.15) is 0 Å². The molecule has 0 aliphatic heterocycles. The summed E-state index contributed by atoms with van der Waals surface area (Å²) in [5.74, 6) is 0. The van der Waals surface area contributed by atoms with Gasteiger partial charge in [-0.05, 0) is 119 Å². The van der Waals surface area contributed by atoms with Crippen molar-refractivity contribution >= 4 is 43.1 Å². The molecule has 0 aromatic heterocycles. The van der Waals surface area contributed by atoms with Crippen LogP contribution in [0.4, 0.5) is 0 Å². The van der Waals surface area contributed by atoms with Crippen molar-refractivity contribution in [2.24, 2.45) is 0 Å². The standard InChI is InChI=1S/C37H26/c1-20-15-32-36(27-10-5-4-9-26(20)27)30-18-24-17-25-16-23-12-11-21-7-6-8-22-13-14-28(35(23)33(21)22)34(25)29(24)19-31(30)37(32,2)3/h4-16,18-19H,17H2,1-3H3. The van der Waals surface area contributed by atoms with Crippen LogP contribution >= 0.6 is 0 Å². The third kappa shape index (κ3) is 2.31. The van der Waals surface area contributed by atoms with E-state index in [1.54, 1.807) is 0 Å². The third-order valence-electron chi connectivity index (χ3n) is 9.49. The molecule has 0 bridgehead atoms. The molecule has 0 radical (unpaired) electrons. The summed E-state index contributed by atoms with van der Waals surface area (Å²) >= 11 is 0. The predicted molar refractivity (Wildman–Crippen MR) is 158 cm³/mol. The molecule has 0 nitrogen and oxygen atoms in total. The normalized spacial score (nSPS) is 15.0. The highest BCUT2D eigenvalue weighted by Crippen LogP contribution is 2.55. The molecule has 0 unspecified atom stereocenters. The zero-order valence-corrected chi connectivity index (χ0v) is 21.4. The van der Waals surface area contributed by atoms with Crippen molar-refractivity contribution in [1.29, 1.82) is 0 Å². The van der Waals surface area contributed by atoms with E-state index in [1.807, 2.05) is 0 Å². The van der Waals surface area contributed by atoms with Gasteiger partial charge in [0.05, 0.1) is 0 Å². The maximum absolute atomic E-state index is 2.55. The first kappa shape index (κ1) is 20.0. The van der Waals surface area contributed by atoms with E-state index in [1.165, 1.54) is 93.2 Å². The average Bonchev–Trinajstić information content (AvgIpc) is 3.37. The molecule has 37 heavy (non-hydrogen) atoms. The minimum atomic E-state index is -0.0268. The molecule has 0 saturated carbocycles. The molecule has 174 valence electrons. The van der Waals surface area contributed by atoms with Gasteiger partial charge in [-0.1, -0.05) is 92.7 Å². The summed E-state index contributed by atoms with van der Waals surface area (Å²) < 4.78 is 0. The highest BCUT2D eigenvalue weighted by Gasteiger charge is 2.39. The number of hydrogen-bond donors (Lipinski definition) is 0. The van der Waals surface area contributed by atoms with Crippen LogP contribution in [-0.4, -0.2) is 0 Å². The second kappa shape index (κ2) is 6.39. The van der Waals surface area contributed by atoms with E-state index >= 15 is 0 Å². The Morgan fingerprint density at radius 2 is 1.30 bits per heavy atom. The Labute approximate surface area is 216 Å². The molecule has 7 aromatic rings. The van der Waals surface area contributed by atoms with Gasteiger partial charge in [-0.3, -0.25) is 0 Å². The van der Waals surface area contributed by atoms with E-state index in [9.17, 15) is 0 Å². The number of hydrogen-bond acceptors (Lipinski definition) is 0. The SMILES string of the molecule is Cc1cc2c(c3ccccc13)-c1cc3c(cc1C2(C)C)-c1c(cc2ccc4cccc5ccc1c2c45)C3. The Morgan fingerprint density at radius 3 is 2.14 bits per heavy atom. The Kier molecular flexibility index (Phi) is 3.45. The Hall–Kier alpha value is -4.16. The van der Waals surface area contributed by atoms with E-state index in [4.69, 9.17) is 0 Å². The van der Waals surface area contributed by atoms with E-state index in [0.29, 0.717) is 0 Å². The van der Waals surface area contributed by atoms with Crippen LogP contribution in [0, 0.1) is 6.92 Å². The summed E-state index contributed by atoms with van der Waals surface area (Å²) in [5.41, 5.74) is 13.0. The zero-order chi connectivity index (χ0) is 24.6. The maximum Gasteiger partial charge on any atom is 0.0159 e. The molecular weight excluding hydrogens is 444 g/mol. The molecule has 0 heteroatoms. The molecule has 0 amide bonds. The highest BCUT2D eigenvalue weighted by atomic mass is 14.4. The van der Waals surface area contributed by atoms with Gasteiger partial charge < -0.3 is 0 Å². The first-order valence-corrected chi connectivity index (χ1v) is 13.4. The minimum absolute atomic E-state index is 0.0268. The molecule has 7 aromatic carbocycles. The van der Waals surface area contributed by atoms with Gasteiger partial charge in [0.1, 0.15) is 0 Å². The van der Waals surface area contributed by atoms with Crippen LogP contribution in [0.1, 0.15) is 41.7 Å². The topological polar surface area (TPSA) is 0 Å². The molecule has 2 aliphatic rings. The van der Waals surface area contributed by atoms with Gasteiger partial charge in [0, 0.05) is 5.41 Å². The fourth-order valence-corrected chi connectivity index (χ4v) is 7.77. The molecule has 0 fully saturated rings. The molecule has 0 spiro atoms. The third-order valence-corrected chi connectivity index (χ3v) is 9.49. The highest BCUT2D eigenvalue weighted by molar-refractivity contribution is 6.26. The van der Waals surface area contributed by atoms with E-state index in [2.05, 4.69) is 112 Å². The van der Waals surface area contributed by atoms with Crippen molar-refractivity contribution in [1.82, 2.24) is 0 Å². The van der Waals surface area contributed by atoms with Crippen LogP contribution < -0.4 is 0 Å². The lowest BCUT2D eigenvalue weighted by Gasteiger charge is -2.23. The van der Waals surface area contributed by atoms with Crippen molar-refractivity contribution in [3.63, 3.8) is 0 Å². The summed E-state index contributed by atoms with van der Waals surface area (Å²) in [6, 6.07) is 34.9. The van der Waals surface area contributed by atoms with Crippen molar-refractivity contribution in [2.45, 2.75) is 32.6 Å². The molecule has 0 heterocycles. The number of fused-ring (bicyclic) bond motifs is 9. The second-order valence-electron chi connectivity index (χ2n) is 11.8. The maximum atomic E-state index is 2.55. The van der Waals surface area contributed by atoms with Crippen LogP contribution in [0.25, 0.3) is 65.3 Å². The first-order chi connectivity index (χ1) is 18.0. The van der Waals surface area contributed by atoms with Crippen LogP contribution in [0.3, 0.4) is 0 Å². The lowest BCUT2D eigenvalue weighted by Crippen LogP contribution is -2.15. The molecule has 0 atom stereocenters. The average molecular weight is 471 g/mol. The molecular formula is C37H26. The fourth-order valence-electron chi connectivity index (χ4n) is 7.77. The van der Waals surface area contributed by atoms with Crippen molar-refractivity contribution in [3.8, 4) is 22.3 Å². The van der Waals surface area contributed by atoms with E-state index in [0.717, 1.165) is 6.42 Å². The molecule has 0 saturated heterocycles. The lowest BCUT2D eigenvalue weighted by atomic mass is 9.80. The number of rotatable bonds is 0. The molecule has 9 rings (SSSR count). The quantitative estimate of drug-likeness (QED) is 0.193. The van der Waals surface area contributed by atoms with Gasteiger partial charge in [0.15, 0.2) is 0 Å². The molecule has 0 N–H and O–H groups in total. The van der Waals surface area contributed by atoms with Gasteiger partial charge in [0.25, 0.3) is 0 Å². The second-order valence-corrected chi connectivity index (χ2v) is 11.8. The van der Waals surface area contributed by atoms with Crippen molar-refractivity contribution in [3.05, 3.63) is 119 Å². The van der Waals surface area contributed by atoms with Gasteiger partial charge in [-0.25, -0.2) is 0 Å². The van der Waals surface area contributed by atoms with Crippen LogP contribution in [0.2, 0.25) is 0 Å². The summed E-state index contributed by atoms with van der Waals surface area (Å²) in [4.78, 5) is 0. The summed E-state index contributed by atoms with van der Waals surface area (Å²) in [7, 11) is 0. The number of benzene rings is 7. The minimum Gasteiger partial charge on any atom is -0.0616 e. The zero-order valence-electron chi connectivity index (χ0n) is 21.4. The Morgan fingerprint density at radius 1 is 0.541 bits per heavy atom. The van der Waals surface area contributed by atoms with Gasteiger partial charge in [0.2, 0.25) is 0 Å². The van der Waals surface area contributed by atoms with Crippen LogP contribution in [-0.2, 0) is 11.8 Å². The lowest BCUT2D eigenvalue weighted by molar-refractivity contribution is 0.660. The predicted octanol–water partition coefficient (Wildman–Crippen LogP) is 9.92. The molecule has 2 aliphatic carbocycles. The monoisotopic (exact) mass is 470 g/mol. The van der Waals surface area contributed by atoms with E-state index < -0.39 is 0 Å². The Balaban J connectivity index is 1.38. The first-order valence-electron chi connectivity index (χ1n) is 13.4. The summed E-state index contributed by atoms with van der Waals surface area (Å²) in [6.45, 7) is 7.09. The number of aryl methyl sites for hydroxylation is 1. The Bertz CT molecular complexity index is 2120. The van der Waals surface area contributed by atoms with Crippen molar-refractivity contribution < 1.29 is 0 Å². The van der Waals surface area contributed by atoms with Gasteiger partial charge >= 0.3 is 0 Å². The largest absolute Gasteiger partial charge is 0.0616 e. The summed E-state index contributed by atoms with van der Waals surface area (Å²) in [5, 5.41) is 11.0. The van der Waals surface area contributed by atoms with E-state index in [-0.39, 0.29) is 5.41 Å². The van der Waals surface area contributed by atoms with Crippen LogP contribution in [0.15, 0.2) is 91.0 Å². The summed E-state index contributed by atoms with van der Waals surface area (Å²) in [6.07, 6.45) is 1.01. The van der Waals surface area contributed by atoms with Gasteiger partial charge in [-0.15, -0.1) is 0 Å². The fraction of sp³-hybridized carbons (Fsp3) is 0.135. The van der Waals surface area contributed by atoms with Crippen molar-refractivity contribution in [2.75, 3.05) is 0 Å². The van der Waals surface area contributed by atoms with Crippen LogP contribution in [0.5, 0.6) is 0 Å².